The normalized spacial score (nSPS) is 12.3. The third kappa shape index (κ3) is 2.86. The fraction of sp³-hybridized carbons (Fsp3) is 0.222. The number of rotatable bonds is 4. The van der Waals surface area contributed by atoms with Crippen LogP contribution in [0.25, 0.3) is 11.0 Å². The van der Waals surface area contributed by atoms with Crippen LogP contribution in [0, 0.1) is 6.92 Å². The standard InChI is InChI=1S/C18H18N2O2/c1-12-7-3-4-8-14(12)13(2)19-18(21)11-16-15-9-5-6-10-17(15)22-20-16/h3-10,13H,11H2,1-2H3,(H,19,21)/t13-/m0/s1. The van der Waals surface area contributed by atoms with E-state index in [9.17, 15) is 4.79 Å². The number of hydrogen-bond acceptors (Lipinski definition) is 3. The molecule has 0 aliphatic rings. The molecule has 1 aromatic heterocycles. The Balaban J connectivity index is 1.71. The van der Waals surface area contributed by atoms with E-state index in [-0.39, 0.29) is 18.4 Å². The molecule has 0 radical (unpaired) electrons. The summed E-state index contributed by atoms with van der Waals surface area (Å²) in [7, 11) is 0. The molecular weight excluding hydrogens is 276 g/mol. The predicted octanol–water partition coefficient (Wildman–Crippen LogP) is 3.56. The summed E-state index contributed by atoms with van der Waals surface area (Å²) in [5.41, 5.74) is 3.67. The minimum atomic E-state index is -0.0604. The second kappa shape index (κ2) is 6.02. The van der Waals surface area contributed by atoms with E-state index < -0.39 is 0 Å². The van der Waals surface area contributed by atoms with Gasteiger partial charge in [0.15, 0.2) is 5.58 Å². The highest BCUT2D eigenvalue weighted by Crippen LogP contribution is 2.19. The number of para-hydroxylation sites is 1. The molecule has 22 heavy (non-hydrogen) atoms. The van der Waals surface area contributed by atoms with Crippen molar-refractivity contribution in [2.75, 3.05) is 0 Å². The lowest BCUT2D eigenvalue weighted by molar-refractivity contribution is -0.121. The van der Waals surface area contributed by atoms with Gasteiger partial charge in [0.1, 0.15) is 5.69 Å². The van der Waals surface area contributed by atoms with Crippen molar-refractivity contribution in [1.82, 2.24) is 10.5 Å². The van der Waals surface area contributed by atoms with Gasteiger partial charge in [-0.2, -0.15) is 0 Å². The van der Waals surface area contributed by atoms with Crippen LogP contribution >= 0.6 is 0 Å². The summed E-state index contributed by atoms with van der Waals surface area (Å²) in [4.78, 5) is 12.3. The van der Waals surface area contributed by atoms with E-state index in [1.165, 1.54) is 5.56 Å². The Morgan fingerprint density at radius 2 is 1.91 bits per heavy atom. The summed E-state index contributed by atoms with van der Waals surface area (Å²) in [5, 5.41) is 7.91. The lowest BCUT2D eigenvalue weighted by atomic mass is 10.0. The quantitative estimate of drug-likeness (QED) is 0.800. The van der Waals surface area contributed by atoms with Crippen LogP contribution < -0.4 is 5.32 Å². The second-order valence-corrected chi connectivity index (χ2v) is 5.45. The summed E-state index contributed by atoms with van der Waals surface area (Å²) in [5.74, 6) is -0.0604. The van der Waals surface area contributed by atoms with Crippen LogP contribution in [0.1, 0.15) is 29.8 Å². The van der Waals surface area contributed by atoms with Crippen molar-refractivity contribution in [3.05, 3.63) is 65.4 Å². The molecule has 3 rings (SSSR count). The summed E-state index contributed by atoms with van der Waals surface area (Å²) < 4.78 is 5.23. The van der Waals surface area contributed by atoms with Gasteiger partial charge in [0.2, 0.25) is 5.91 Å². The zero-order chi connectivity index (χ0) is 15.5. The summed E-state index contributed by atoms with van der Waals surface area (Å²) in [6, 6.07) is 15.6. The fourth-order valence-corrected chi connectivity index (χ4v) is 2.66. The van der Waals surface area contributed by atoms with Gasteiger partial charge in [0, 0.05) is 5.39 Å². The van der Waals surface area contributed by atoms with E-state index in [1.54, 1.807) is 0 Å². The average molecular weight is 294 g/mol. The first-order valence-corrected chi connectivity index (χ1v) is 7.33. The predicted molar refractivity (Wildman–Crippen MR) is 85.4 cm³/mol. The number of benzene rings is 2. The van der Waals surface area contributed by atoms with E-state index in [2.05, 4.69) is 10.5 Å². The molecule has 1 heterocycles. The number of nitrogens with one attached hydrogen (secondary N) is 1. The number of fused-ring (bicyclic) bond motifs is 1. The number of aryl methyl sites for hydroxylation is 1. The Morgan fingerprint density at radius 3 is 2.73 bits per heavy atom. The maximum atomic E-state index is 12.3. The van der Waals surface area contributed by atoms with Crippen molar-refractivity contribution in [1.29, 1.82) is 0 Å². The van der Waals surface area contributed by atoms with Crippen molar-refractivity contribution in [2.24, 2.45) is 0 Å². The number of carbonyl (C=O) groups is 1. The Hall–Kier alpha value is -2.62. The van der Waals surface area contributed by atoms with Crippen LogP contribution in [0.15, 0.2) is 53.1 Å². The highest BCUT2D eigenvalue weighted by molar-refractivity contribution is 5.86. The van der Waals surface area contributed by atoms with Gasteiger partial charge < -0.3 is 9.84 Å². The van der Waals surface area contributed by atoms with E-state index in [4.69, 9.17) is 4.52 Å². The van der Waals surface area contributed by atoms with Gasteiger partial charge in [-0.1, -0.05) is 41.6 Å². The van der Waals surface area contributed by atoms with Crippen LogP contribution in [0.5, 0.6) is 0 Å². The number of aromatic nitrogens is 1. The SMILES string of the molecule is Cc1ccccc1[C@H](C)NC(=O)Cc1noc2ccccc12. The number of amides is 1. The zero-order valence-corrected chi connectivity index (χ0v) is 12.7. The molecule has 0 aliphatic heterocycles. The zero-order valence-electron chi connectivity index (χ0n) is 12.7. The molecule has 1 amide bonds. The number of carbonyl (C=O) groups excluding carboxylic acids is 1. The van der Waals surface area contributed by atoms with Crippen molar-refractivity contribution in [3.8, 4) is 0 Å². The Labute approximate surface area is 129 Å². The average Bonchev–Trinajstić information content (AvgIpc) is 2.91. The molecule has 1 atom stereocenters. The van der Waals surface area contributed by atoms with Crippen LogP contribution in [0.3, 0.4) is 0 Å². The van der Waals surface area contributed by atoms with Gasteiger partial charge >= 0.3 is 0 Å². The van der Waals surface area contributed by atoms with Gasteiger partial charge in [-0.25, -0.2) is 0 Å². The summed E-state index contributed by atoms with van der Waals surface area (Å²) in [6.45, 7) is 4.03. The molecular formula is C18H18N2O2. The first kappa shape index (κ1) is 14.3. The van der Waals surface area contributed by atoms with Crippen molar-refractivity contribution >= 4 is 16.9 Å². The third-order valence-corrected chi connectivity index (χ3v) is 3.81. The molecule has 112 valence electrons. The van der Waals surface area contributed by atoms with Crippen LogP contribution in [-0.4, -0.2) is 11.1 Å². The molecule has 0 unspecified atom stereocenters. The van der Waals surface area contributed by atoms with Crippen LogP contribution in [0.2, 0.25) is 0 Å². The van der Waals surface area contributed by atoms with Crippen LogP contribution in [-0.2, 0) is 11.2 Å². The van der Waals surface area contributed by atoms with Crippen LogP contribution in [0.4, 0.5) is 0 Å². The smallest absolute Gasteiger partial charge is 0.226 e. The van der Waals surface area contributed by atoms with Crippen molar-refractivity contribution in [2.45, 2.75) is 26.3 Å². The third-order valence-electron chi connectivity index (χ3n) is 3.81. The van der Waals surface area contributed by atoms with Gasteiger partial charge in [-0.05, 0) is 37.1 Å². The number of nitrogens with zero attached hydrogens (tertiary/aromatic N) is 1. The highest BCUT2D eigenvalue weighted by Gasteiger charge is 2.15. The monoisotopic (exact) mass is 294 g/mol. The largest absolute Gasteiger partial charge is 0.356 e. The Morgan fingerprint density at radius 1 is 1.18 bits per heavy atom. The highest BCUT2D eigenvalue weighted by atomic mass is 16.5. The van der Waals surface area contributed by atoms with Gasteiger partial charge in [0.25, 0.3) is 0 Å². The van der Waals surface area contributed by atoms with E-state index in [0.717, 1.165) is 10.9 Å². The molecule has 0 aliphatic carbocycles. The molecule has 1 N–H and O–H groups in total. The fourth-order valence-electron chi connectivity index (χ4n) is 2.66. The molecule has 0 saturated heterocycles. The lowest BCUT2D eigenvalue weighted by Crippen LogP contribution is -2.28. The minimum absolute atomic E-state index is 0.0353. The second-order valence-electron chi connectivity index (χ2n) is 5.45. The maximum Gasteiger partial charge on any atom is 0.226 e. The van der Waals surface area contributed by atoms with Gasteiger partial charge in [0.05, 0.1) is 12.5 Å². The molecule has 0 fully saturated rings. The maximum absolute atomic E-state index is 12.3. The summed E-state index contributed by atoms with van der Waals surface area (Å²) in [6.07, 6.45) is 0.216. The van der Waals surface area contributed by atoms with E-state index >= 15 is 0 Å². The van der Waals surface area contributed by atoms with Gasteiger partial charge in [-0.3, -0.25) is 4.79 Å². The Kier molecular flexibility index (Phi) is 3.92. The number of hydrogen-bond donors (Lipinski definition) is 1. The Bertz CT molecular complexity index is 807. The molecule has 4 nitrogen and oxygen atoms in total. The summed E-state index contributed by atoms with van der Waals surface area (Å²) >= 11 is 0. The van der Waals surface area contributed by atoms with E-state index in [1.807, 2.05) is 62.4 Å². The van der Waals surface area contributed by atoms with Gasteiger partial charge in [-0.15, -0.1) is 0 Å². The molecule has 0 saturated carbocycles. The van der Waals surface area contributed by atoms with Crippen molar-refractivity contribution < 1.29 is 9.32 Å². The van der Waals surface area contributed by atoms with Crippen molar-refractivity contribution in [3.63, 3.8) is 0 Å². The molecule has 4 heteroatoms. The first-order valence-electron chi connectivity index (χ1n) is 7.33. The molecule has 3 aromatic rings. The first-order chi connectivity index (χ1) is 10.6. The lowest BCUT2D eigenvalue weighted by Gasteiger charge is -2.16. The van der Waals surface area contributed by atoms with E-state index in [0.29, 0.717) is 11.3 Å². The molecule has 0 spiro atoms. The topological polar surface area (TPSA) is 55.1 Å². The molecule has 2 aromatic carbocycles. The minimum Gasteiger partial charge on any atom is -0.356 e. The molecule has 0 bridgehead atoms.